The number of ketones is 2. The molecule has 1 unspecified atom stereocenters. The van der Waals surface area contributed by atoms with Gasteiger partial charge in [0.2, 0.25) is 0 Å². The number of benzene rings is 2. The van der Waals surface area contributed by atoms with E-state index >= 15 is 0 Å². The van der Waals surface area contributed by atoms with Crippen molar-refractivity contribution in [1.29, 1.82) is 0 Å². The first-order chi connectivity index (χ1) is 19.4. The van der Waals surface area contributed by atoms with Crippen molar-refractivity contribution in [3.05, 3.63) is 71.8 Å². The van der Waals surface area contributed by atoms with Crippen LogP contribution in [0.1, 0.15) is 79.5 Å². The maximum absolute atomic E-state index is 13.7. The highest BCUT2D eigenvalue weighted by Crippen LogP contribution is 2.24. The van der Waals surface area contributed by atoms with Gasteiger partial charge in [-0.1, -0.05) is 46.1 Å². The first-order valence-corrected chi connectivity index (χ1v) is 15.6. The lowest BCUT2D eigenvalue weighted by molar-refractivity contribution is 0.0880. The van der Waals surface area contributed by atoms with Crippen LogP contribution >= 0.6 is 35.6 Å². The number of ether oxygens (including phenoxy) is 2. The monoisotopic (exact) mass is 625 g/mol. The van der Waals surface area contributed by atoms with Crippen LogP contribution in [0.3, 0.4) is 0 Å². The summed E-state index contributed by atoms with van der Waals surface area (Å²) in [4.78, 5) is 29.0. The lowest BCUT2D eigenvalue weighted by atomic mass is 9.88. The first kappa shape index (κ1) is 37.0. The minimum Gasteiger partial charge on any atom is -0.494 e. The number of hydrogen-bond acceptors (Lipinski definition) is 5. The summed E-state index contributed by atoms with van der Waals surface area (Å²) in [6, 6.07) is 14.4. The van der Waals surface area contributed by atoms with Crippen molar-refractivity contribution in [3.63, 3.8) is 0 Å². The summed E-state index contributed by atoms with van der Waals surface area (Å²) in [5.41, 5.74) is 1.50. The molecule has 0 bridgehead atoms. The minimum atomic E-state index is -0.472. The van der Waals surface area contributed by atoms with Gasteiger partial charge >= 0.3 is 0 Å². The molecule has 0 aliphatic heterocycles. The van der Waals surface area contributed by atoms with Crippen molar-refractivity contribution in [1.82, 2.24) is 4.90 Å². The molecule has 2 aromatic carbocycles. The van der Waals surface area contributed by atoms with Gasteiger partial charge in [0.25, 0.3) is 0 Å². The highest BCUT2D eigenvalue weighted by atomic mass is 35.5. The molecule has 0 aliphatic carbocycles. The van der Waals surface area contributed by atoms with Crippen molar-refractivity contribution in [2.24, 2.45) is 5.92 Å². The van der Waals surface area contributed by atoms with E-state index in [0.29, 0.717) is 61.3 Å². The Bertz CT molecular complexity index is 1020. The van der Waals surface area contributed by atoms with E-state index in [0.717, 1.165) is 50.0 Å². The zero-order valence-corrected chi connectivity index (χ0v) is 26.9. The average Bonchev–Trinajstić information content (AvgIpc) is 2.97. The number of halogens is 3. The van der Waals surface area contributed by atoms with E-state index in [1.807, 2.05) is 24.3 Å². The summed E-state index contributed by atoms with van der Waals surface area (Å²) >= 11 is 12.0. The van der Waals surface area contributed by atoms with Gasteiger partial charge in [0.15, 0.2) is 11.6 Å². The lowest BCUT2D eigenvalue weighted by Gasteiger charge is -2.26. The molecule has 0 saturated heterocycles. The number of carbonyl (C=O) groups excluding carboxylic acids is 2. The third-order valence-electron chi connectivity index (χ3n) is 6.75. The zero-order chi connectivity index (χ0) is 29.2. The maximum atomic E-state index is 13.7. The van der Waals surface area contributed by atoms with Crippen LogP contribution in [0.25, 0.3) is 0 Å². The van der Waals surface area contributed by atoms with Gasteiger partial charge in [-0.05, 0) is 73.4 Å². The molecule has 2 aromatic rings. The van der Waals surface area contributed by atoms with Crippen molar-refractivity contribution in [2.45, 2.75) is 58.8 Å². The van der Waals surface area contributed by atoms with Gasteiger partial charge in [0, 0.05) is 48.4 Å². The molecule has 0 fully saturated rings. The van der Waals surface area contributed by atoms with Crippen LogP contribution in [-0.2, 0) is 0 Å². The van der Waals surface area contributed by atoms with Crippen LogP contribution in [0.2, 0.25) is 0 Å². The van der Waals surface area contributed by atoms with Gasteiger partial charge in [-0.25, -0.2) is 0 Å². The van der Waals surface area contributed by atoms with Gasteiger partial charge < -0.3 is 14.4 Å². The van der Waals surface area contributed by atoms with E-state index in [1.165, 1.54) is 0 Å². The second-order valence-corrected chi connectivity index (χ2v) is 10.8. The molecular formula is C33H46Cl3NO4. The van der Waals surface area contributed by atoms with E-state index in [9.17, 15) is 9.59 Å². The summed E-state index contributed by atoms with van der Waals surface area (Å²) < 4.78 is 11.6. The number of alkyl halides is 2. The highest BCUT2D eigenvalue weighted by Gasteiger charge is 2.26. The van der Waals surface area contributed by atoms with E-state index in [1.54, 1.807) is 24.3 Å². The molecular weight excluding hydrogens is 581 g/mol. The highest BCUT2D eigenvalue weighted by molar-refractivity contribution is 6.18. The quantitative estimate of drug-likeness (QED) is 0.0567. The van der Waals surface area contributed by atoms with E-state index < -0.39 is 5.92 Å². The summed E-state index contributed by atoms with van der Waals surface area (Å²) in [7, 11) is 0. The molecule has 41 heavy (non-hydrogen) atoms. The van der Waals surface area contributed by atoms with Crippen molar-refractivity contribution >= 4 is 47.2 Å². The topological polar surface area (TPSA) is 55.8 Å². The van der Waals surface area contributed by atoms with Crippen molar-refractivity contribution < 1.29 is 19.1 Å². The molecule has 228 valence electrons. The maximum Gasteiger partial charge on any atom is 0.188 e. The second kappa shape index (κ2) is 21.6. The van der Waals surface area contributed by atoms with Crippen LogP contribution < -0.4 is 9.47 Å². The van der Waals surface area contributed by atoms with Gasteiger partial charge in [0.1, 0.15) is 11.5 Å². The Morgan fingerprint density at radius 1 is 0.780 bits per heavy atom. The SMILES string of the molecule is C=C(CC(CN(CCCl)CCCl)C(=O)c1ccc(OCCCCC)cc1)C(=O)c1ccc(OCCCCC)cc1.Cl. The Labute approximate surface area is 263 Å². The largest absolute Gasteiger partial charge is 0.494 e. The Kier molecular flexibility index (Phi) is 19.5. The summed E-state index contributed by atoms with van der Waals surface area (Å²) in [6.07, 6.45) is 6.76. The standard InChI is InChI=1S/C33H45Cl2NO4.ClH/c1-4-6-8-22-39-30-14-10-27(11-15-30)32(37)26(3)24-29(25-36(20-18-34)21-19-35)33(38)28-12-16-31(17-13-28)40-23-9-7-5-2;/h10-17,29H,3-9,18-25H2,1-2H3;1H. The molecule has 0 N–H and O–H groups in total. The van der Waals surface area contributed by atoms with Crippen molar-refractivity contribution in [2.75, 3.05) is 44.6 Å². The third kappa shape index (κ3) is 13.6. The second-order valence-electron chi connectivity index (χ2n) is 10.0. The van der Waals surface area contributed by atoms with E-state index in [4.69, 9.17) is 32.7 Å². The van der Waals surface area contributed by atoms with Gasteiger partial charge in [0.05, 0.1) is 13.2 Å². The van der Waals surface area contributed by atoms with Gasteiger partial charge in [-0.15, -0.1) is 35.6 Å². The fraction of sp³-hybridized carbons (Fsp3) is 0.515. The van der Waals surface area contributed by atoms with Gasteiger partial charge in [-0.3, -0.25) is 9.59 Å². The van der Waals surface area contributed by atoms with Crippen LogP contribution in [0, 0.1) is 5.92 Å². The predicted octanol–water partition coefficient (Wildman–Crippen LogP) is 8.65. The first-order valence-electron chi connectivity index (χ1n) is 14.5. The molecule has 2 rings (SSSR count). The number of allylic oxidation sites excluding steroid dienone is 1. The Hall–Kier alpha value is -2.05. The molecule has 0 heterocycles. The van der Waals surface area contributed by atoms with Crippen LogP contribution in [0.15, 0.2) is 60.7 Å². The molecule has 5 nitrogen and oxygen atoms in total. The molecule has 0 aromatic heterocycles. The number of nitrogens with zero attached hydrogens (tertiary/aromatic N) is 1. The third-order valence-corrected chi connectivity index (χ3v) is 7.09. The fourth-order valence-corrected chi connectivity index (χ4v) is 4.90. The molecule has 0 radical (unpaired) electrons. The Morgan fingerprint density at radius 2 is 1.24 bits per heavy atom. The lowest BCUT2D eigenvalue weighted by Crippen LogP contribution is -2.36. The van der Waals surface area contributed by atoms with Gasteiger partial charge in [-0.2, -0.15) is 0 Å². The van der Waals surface area contributed by atoms with E-state index in [2.05, 4.69) is 25.3 Å². The minimum absolute atomic E-state index is 0. The number of rotatable bonds is 22. The molecule has 0 saturated carbocycles. The molecule has 1 atom stereocenters. The molecule has 8 heteroatoms. The average molecular weight is 627 g/mol. The number of hydrogen-bond donors (Lipinski definition) is 0. The summed E-state index contributed by atoms with van der Waals surface area (Å²) in [6.45, 7) is 11.3. The van der Waals surface area contributed by atoms with E-state index in [-0.39, 0.29) is 30.4 Å². The van der Waals surface area contributed by atoms with Crippen LogP contribution in [-0.4, -0.2) is 61.1 Å². The molecule has 0 aliphatic rings. The number of unbranched alkanes of at least 4 members (excludes halogenated alkanes) is 4. The molecule has 0 spiro atoms. The smallest absolute Gasteiger partial charge is 0.188 e. The van der Waals surface area contributed by atoms with Crippen LogP contribution in [0.5, 0.6) is 11.5 Å². The normalized spacial score (nSPS) is 11.5. The predicted molar refractivity (Wildman–Crippen MR) is 174 cm³/mol. The number of carbonyl (C=O) groups is 2. The zero-order valence-electron chi connectivity index (χ0n) is 24.5. The van der Waals surface area contributed by atoms with Crippen LogP contribution in [0.4, 0.5) is 0 Å². The summed E-state index contributed by atoms with van der Waals surface area (Å²) in [5, 5.41) is 0. The summed E-state index contributed by atoms with van der Waals surface area (Å²) in [5.74, 6) is 1.64. The Morgan fingerprint density at radius 3 is 1.68 bits per heavy atom. The molecule has 0 amide bonds. The Balaban J connectivity index is 0.00000840. The van der Waals surface area contributed by atoms with Crippen molar-refractivity contribution in [3.8, 4) is 11.5 Å². The fourth-order valence-electron chi connectivity index (χ4n) is 4.42. The number of Topliss-reactive ketones (excluding diaryl/α,β-unsaturated/α-hetero) is 2.